The highest BCUT2D eigenvalue weighted by atomic mass is 19.1. The smallest absolute Gasteiger partial charge is 0.270 e. The average Bonchev–Trinajstić information content (AvgIpc) is 3.12. The number of aromatic nitrogens is 1. The van der Waals surface area contributed by atoms with Gasteiger partial charge < -0.3 is 14.6 Å². The van der Waals surface area contributed by atoms with Gasteiger partial charge in [0.15, 0.2) is 0 Å². The molecule has 1 unspecified atom stereocenters. The third kappa shape index (κ3) is 4.34. The normalized spacial score (nSPS) is 17.0. The van der Waals surface area contributed by atoms with E-state index in [-0.39, 0.29) is 11.7 Å². The van der Waals surface area contributed by atoms with Crippen LogP contribution in [0, 0.1) is 5.82 Å². The van der Waals surface area contributed by atoms with Gasteiger partial charge in [-0.05, 0) is 59.9 Å². The van der Waals surface area contributed by atoms with Gasteiger partial charge in [0.2, 0.25) is 0 Å². The van der Waals surface area contributed by atoms with E-state index in [2.05, 4.69) is 17.1 Å². The summed E-state index contributed by atoms with van der Waals surface area (Å²) in [6, 6.07) is 16.3. The number of halogens is 1. The monoisotopic (exact) mass is 392 g/mol. The molecule has 4 rings (SSSR count). The van der Waals surface area contributed by atoms with Gasteiger partial charge in [-0.25, -0.2) is 4.39 Å². The fourth-order valence-corrected chi connectivity index (χ4v) is 3.97. The number of rotatable bonds is 4. The van der Waals surface area contributed by atoms with Crippen molar-refractivity contribution in [1.82, 2.24) is 9.88 Å². The molecule has 3 aromatic rings. The van der Waals surface area contributed by atoms with Crippen molar-refractivity contribution in [3.05, 3.63) is 77.9 Å². The SMILES string of the molecule is COc1ccc(C2CCCCN(C(=O)c3cc(-c4ccc(F)cc4)c[nH]3)C2)cc1. The number of methoxy groups -OCH3 is 1. The molecule has 1 fully saturated rings. The standard InChI is InChI=1S/C24H25FN2O2/c1-29-22-11-7-17(8-12-22)19-4-2-3-13-27(16-19)24(28)23-14-20(15-26-23)18-5-9-21(25)10-6-18/h5-12,14-15,19,26H,2-4,13,16H2,1H3. The van der Waals surface area contributed by atoms with Crippen LogP contribution < -0.4 is 4.74 Å². The molecule has 1 aliphatic rings. The van der Waals surface area contributed by atoms with Gasteiger partial charge in [0.05, 0.1) is 7.11 Å². The molecule has 2 heterocycles. The highest BCUT2D eigenvalue weighted by molar-refractivity contribution is 5.94. The number of aromatic amines is 1. The van der Waals surface area contributed by atoms with Crippen LogP contribution in [0.1, 0.15) is 41.2 Å². The lowest BCUT2D eigenvalue weighted by Crippen LogP contribution is -2.34. The predicted molar refractivity (Wildman–Crippen MR) is 112 cm³/mol. The molecular formula is C24H25FN2O2. The van der Waals surface area contributed by atoms with E-state index in [4.69, 9.17) is 4.74 Å². The number of carbonyl (C=O) groups excluding carboxylic acids is 1. The molecule has 0 bridgehead atoms. The van der Waals surface area contributed by atoms with Crippen LogP contribution in [-0.2, 0) is 0 Å². The summed E-state index contributed by atoms with van der Waals surface area (Å²) in [5.74, 6) is 0.905. The van der Waals surface area contributed by atoms with Crippen LogP contribution in [-0.4, -0.2) is 36.0 Å². The van der Waals surface area contributed by atoms with Gasteiger partial charge in [-0.3, -0.25) is 4.79 Å². The number of carbonyl (C=O) groups is 1. The second-order valence-electron chi connectivity index (χ2n) is 7.53. The van der Waals surface area contributed by atoms with Gasteiger partial charge in [0.1, 0.15) is 17.3 Å². The van der Waals surface area contributed by atoms with E-state index in [9.17, 15) is 9.18 Å². The highest BCUT2D eigenvalue weighted by Crippen LogP contribution is 2.29. The maximum absolute atomic E-state index is 13.2. The quantitative estimate of drug-likeness (QED) is 0.660. The molecule has 1 amide bonds. The zero-order chi connectivity index (χ0) is 20.2. The van der Waals surface area contributed by atoms with Crippen LogP contribution in [0.2, 0.25) is 0 Å². The molecule has 0 radical (unpaired) electrons. The first-order chi connectivity index (χ1) is 14.1. The largest absolute Gasteiger partial charge is 0.497 e. The molecule has 1 atom stereocenters. The molecular weight excluding hydrogens is 367 g/mol. The molecule has 1 N–H and O–H groups in total. The van der Waals surface area contributed by atoms with E-state index in [0.717, 1.165) is 42.7 Å². The lowest BCUT2D eigenvalue weighted by atomic mass is 9.94. The van der Waals surface area contributed by atoms with E-state index < -0.39 is 0 Å². The van der Waals surface area contributed by atoms with E-state index in [1.807, 2.05) is 23.1 Å². The zero-order valence-corrected chi connectivity index (χ0v) is 16.5. The van der Waals surface area contributed by atoms with Crippen molar-refractivity contribution >= 4 is 5.91 Å². The minimum Gasteiger partial charge on any atom is -0.497 e. The summed E-state index contributed by atoms with van der Waals surface area (Å²) in [5, 5.41) is 0. The summed E-state index contributed by atoms with van der Waals surface area (Å²) in [6.07, 6.45) is 4.98. The van der Waals surface area contributed by atoms with Crippen molar-refractivity contribution in [2.24, 2.45) is 0 Å². The highest BCUT2D eigenvalue weighted by Gasteiger charge is 2.25. The van der Waals surface area contributed by atoms with Crippen LogP contribution in [0.4, 0.5) is 4.39 Å². The fraction of sp³-hybridized carbons (Fsp3) is 0.292. The first-order valence-electron chi connectivity index (χ1n) is 10.0. The number of nitrogens with zero attached hydrogens (tertiary/aromatic N) is 1. The molecule has 5 heteroatoms. The molecule has 1 aromatic heterocycles. The minimum absolute atomic E-state index is 0.0128. The van der Waals surface area contributed by atoms with E-state index >= 15 is 0 Å². The van der Waals surface area contributed by atoms with Crippen LogP contribution in [0.25, 0.3) is 11.1 Å². The van der Waals surface area contributed by atoms with E-state index in [1.54, 1.807) is 25.4 Å². The summed E-state index contributed by atoms with van der Waals surface area (Å²) in [4.78, 5) is 18.2. The Morgan fingerprint density at radius 1 is 1.07 bits per heavy atom. The number of nitrogens with one attached hydrogen (secondary N) is 1. The van der Waals surface area contributed by atoms with Crippen LogP contribution >= 0.6 is 0 Å². The van der Waals surface area contributed by atoms with Gasteiger partial charge in [-0.15, -0.1) is 0 Å². The summed E-state index contributed by atoms with van der Waals surface area (Å²) in [6.45, 7) is 1.46. The van der Waals surface area contributed by atoms with Crippen molar-refractivity contribution in [1.29, 1.82) is 0 Å². The number of H-pyrrole nitrogens is 1. The minimum atomic E-state index is -0.269. The van der Waals surface area contributed by atoms with Crippen molar-refractivity contribution in [2.75, 3.05) is 20.2 Å². The summed E-state index contributed by atoms with van der Waals surface area (Å²) < 4.78 is 18.4. The molecule has 2 aromatic carbocycles. The van der Waals surface area contributed by atoms with Crippen LogP contribution in [0.5, 0.6) is 5.75 Å². The van der Waals surface area contributed by atoms with Crippen molar-refractivity contribution in [2.45, 2.75) is 25.2 Å². The third-order valence-corrected chi connectivity index (χ3v) is 5.64. The lowest BCUT2D eigenvalue weighted by molar-refractivity contribution is 0.0749. The van der Waals surface area contributed by atoms with Gasteiger partial charge in [-0.2, -0.15) is 0 Å². The second-order valence-corrected chi connectivity index (χ2v) is 7.53. The first-order valence-corrected chi connectivity index (χ1v) is 10.0. The molecule has 0 aliphatic carbocycles. The number of ether oxygens (including phenoxy) is 1. The van der Waals surface area contributed by atoms with Gasteiger partial charge in [0, 0.05) is 25.2 Å². The average molecular weight is 392 g/mol. The maximum atomic E-state index is 13.2. The number of hydrogen-bond donors (Lipinski definition) is 1. The van der Waals surface area contributed by atoms with Crippen LogP contribution in [0.15, 0.2) is 60.8 Å². The van der Waals surface area contributed by atoms with E-state index in [1.165, 1.54) is 17.7 Å². The summed E-state index contributed by atoms with van der Waals surface area (Å²) in [7, 11) is 1.66. The Kier molecular flexibility index (Phi) is 5.65. The van der Waals surface area contributed by atoms with Crippen molar-refractivity contribution < 1.29 is 13.9 Å². The Morgan fingerprint density at radius 2 is 1.83 bits per heavy atom. The predicted octanol–water partition coefficient (Wildman–Crippen LogP) is 5.24. The first kappa shape index (κ1) is 19.2. The number of hydrogen-bond acceptors (Lipinski definition) is 2. The Bertz CT molecular complexity index is 963. The van der Waals surface area contributed by atoms with Crippen LogP contribution in [0.3, 0.4) is 0 Å². The Balaban J connectivity index is 1.50. The lowest BCUT2D eigenvalue weighted by Gasteiger charge is -2.24. The zero-order valence-electron chi connectivity index (χ0n) is 16.5. The molecule has 29 heavy (non-hydrogen) atoms. The summed E-state index contributed by atoms with van der Waals surface area (Å²) in [5.41, 5.74) is 3.58. The Hall–Kier alpha value is -3.08. The fourth-order valence-electron chi connectivity index (χ4n) is 3.97. The van der Waals surface area contributed by atoms with Gasteiger partial charge in [-0.1, -0.05) is 30.7 Å². The molecule has 150 valence electrons. The number of benzene rings is 2. The Labute approximate surface area is 170 Å². The second kappa shape index (κ2) is 8.52. The van der Waals surface area contributed by atoms with E-state index in [0.29, 0.717) is 18.2 Å². The van der Waals surface area contributed by atoms with Gasteiger partial charge in [0.25, 0.3) is 5.91 Å². The van der Waals surface area contributed by atoms with Crippen molar-refractivity contribution in [3.63, 3.8) is 0 Å². The van der Waals surface area contributed by atoms with Gasteiger partial charge >= 0.3 is 0 Å². The maximum Gasteiger partial charge on any atom is 0.270 e. The van der Waals surface area contributed by atoms with Crippen molar-refractivity contribution in [3.8, 4) is 16.9 Å². The topological polar surface area (TPSA) is 45.3 Å². The Morgan fingerprint density at radius 3 is 2.55 bits per heavy atom. The number of likely N-dealkylation sites (tertiary alicyclic amines) is 1. The third-order valence-electron chi connectivity index (χ3n) is 5.64. The molecule has 0 spiro atoms. The molecule has 4 nitrogen and oxygen atoms in total. The molecule has 1 saturated heterocycles. The number of amides is 1. The molecule has 1 aliphatic heterocycles. The molecule has 0 saturated carbocycles. The summed E-state index contributed by atoms with van der Waals surface area (Å²) >= 11 is 0.